The van der Waals surface area contributed by atoms with E-state index in [1.54, 1.807) is 40.4 Å². The number of carbonyl (C=O) groups is 4. The van der Waals surface area contributed by atoms with Crippen molar-refractivity contribution in [3.8, 4) is 0 Å². The maximum atomic E-state index is 12.1. The van der Waals surface area contributed by atoms with Crippen molar-refractivity contribution in [3.63, 3.8) is 0 Å². The van der Waals surface area contributed by atoms with Gasteiger partial charge in [0, 0.05) is 56.2 Å². The van der Waals surface area contributed by atoms with Gasteiger partial charge in [-0.2, -0.15) is 0 Å². The lowest BCUT2D eigenvalue weighted by Gasteiger charge is -2.17. The number of carbonyl (C=O) groups excluding carboxylic acids is 4. The normalized spacial score (nSPS) is 18.3. The number of hydrogen-bond acceptors (Lipinski definition) is 9. The number of nitrogens with zero attached hydrogens (tertiary/aromatic N) is 4. The second-order valence-corrected chi connectivity index (χ2v) is 13.2. The Bertz CT molecular complexity index is 1570. The first-order valence-corrected chi connectivity index (χ1v) is 16.3. The van der Waals surface area contributed by atoms with Crippen molar-refractivity contribution >= 4 is 81.0 Å². The van der Waals surface area contributed by atoms with Crippen LogP contribution in [0.15, 0.2) is 36.4 Å². The van der Waals surface area contributed by atoms with Crippen LogP contribution in [0.5, 0.6) is 0 Å². The molecule has 4 amide bonds. The first-order chi connectivity index (χ1) is 22.3. The summed E-state index contributed by atoms with van der Waals surface area (Å²) in [7, 11) is 0. The van der Waals surface area contributed by atoms with Crippen LogP contribution in [0.4, 0.5) is 32.3 Å². The number of ether oxygens (including phenoxy) is 2. The second kappa shape index (κ2) is 18.0. The molecular weight excluding hydrogens is 673 g/mol. The Kier molecular flexibility index (Phi) is 15.0. The van der Waals surface area contributed by atoms with Crippen molar-refractivity contribution in [1.82, 2.24) is 5.32 Å². The average molecular weight is 719 g/mol. The number of nitrogens with one attached hydrogen (secondary N) is 1. The van der Waals surface area contributed by atoms with Gasteiger partial charge in [-0.1, -0.05) is 24.4 Å². The summed E-state index contributed by atoms with van der Waals surface area (Å²) >= 11 is 9.51. The monoisotopic (exact) mass is 718 g/mol. The number of nitrogens with two attached hydrogens (primary N) is 1. The fourth-order valence-corrected chi connectivity index (χ4v) is 5.80. The van der Waals surface area contributed by atoms with Gasteiger partial charge >= 0.3 is 12.2 Å². The maximum absolute atomic E-state index is 12.1. The first-order valence-electron chi connectivity index (χ1n) is 15.5. The number of hydrogen-bond donors (Lipinski definition) is 2. The van der Waals surface area contributed by atoms with E-state index in [9.17, 15) is 19.2 Å². The molecule has 7 N–H and O–H groups in total. The van der Waals surface area contributed by atoms with Gasteiger partial charge in [-0.15, -0.1) is 0 Å². The topological polar surface area (TPSA) is 201 Å². The van der Waals surface area contributed by atoms with Crippen LogP contribution in [-0.4, -0.2) is 96.3 Å². The van der Waals surface area contributed by atoms with E-state index in [1.165, 1.54) is 0 Å². The Labute approximate surface area is 297 Å². The Morgan fingerprint density at radius 1 is 0.776 bits per heavy atom. The zero-order valence-electron chi connectivity index (χ0n) is 28.4. The Morgan fingerprint density at radius 3 is 1.55 bits per heavy atom. The molecule has 16 heteroatoms. The summed E-state index contributed by atoms with van der Waals surface area (Å²) in [5, 5.41) is 3.02. The number of rotatable bonds is 5. The summed E-state index contributed by atoms with van der Waals surface area (Å²) in [4.78, 5) is 55.4. The van der Waals surface area contributed by atoms with Gasteiger partial charge in [-0.25, -0.2) is 9.59 Å². The van der Waals surface area contributed by atoms with Crippen molar-refractivity contribution in [2.75, 3.05) is 58.9 Å². The molecule has 4 aliphatic rings. The number of anilines is 4. The van der Waals surface area contributed by atoms with Gasteiger partial charge < -0.3 is 41.3 Å². The van der Waals surface area contributed by atoms with Crippen LogP contribution >= 0.6 is 24.4 Å². The Morgan fingerprint density at radius 2 is 1.18 bits per heavy atom. The molecule has 0 aromatic heterocycles. The molecule has 0 unspecified atom stereocenters. The quantitative estimate of drug-likeness (QED) is 0.433. The third-order valence-electron chi connectivity index (χ3n) is 7.89. The van der Waals surface area contributed by atoms with Crippen molar-refractivity contribution in [2.24, 2.45) is 5.73 Å². The highest BCUT2D eigenvalue weighted by Crippen LogP contribution is 2.34. The van der Waals surface area contributed by atoms with E-state index in [0.717, 1.165) is 51.6 Å². The van der Waals surface area contributed by atoms with Crippen molar-refractivity contribution in [1.29, 1.82) is 0 Å². The van der Waals surface area contributed by atoms with Crippen molar-refractivity contribution in [2.45, 2.75) is 59.7 Å². The zero-order chi connectivity index (χ0) is 34.4. The molecule has 268 valence electrons. The highest BCUT2D eigenvalue weighted by molar-refractivity contribution is 7.80. The van der Waals surface area contributed by atoms with Gasteiger partial charge in [0.25, 0.3) is 0 Å². The van der Waals surface area contributed by atoms with E-state index in [2.05, 4.69) is 17.5 Å². The highest BCUT2D eigenvalue weighted by atomic mass is 32.1. The summed E-state index contributed by atoms with van der Waals surface area (Å²) in [6.45, 7) is 11.9. The number of fused-ring (bicyclic) bond motifs is 2. The number of cyclic esters (lactones) is 2. The molecule has 6 rings (SSSR count). The second-order valence-electron chi connectivity index (χ2n) is 11.8. The standard InChI is InChI=1S/C16H19N3O3S.C14H17N3O3.C3H6S.2H2O/c1-10(23)17-8-14-9-19(16(21)22-14)13-3-4-15-12(7-13)5-6-18(15)11(2)20;1-9(18)16-5-4-10-6-11(2-3-13(10)16)17-8-12(7-15)20-14(17)19;1-3(2)4;;/h3-4,7,14H,5-6,8-9H2,1-2H3,(H,17,23);2-3,6,12H,4-5,7-8,15H2,1H3;1-2H3;2*1H2/t14-;12-;;;/m00.../s1. The fraction of sp³-hybridized carbons (Fsp3) is 0.455. The van der Waals surface area contributed by atoms with E-state index < -0.39 is 0 Å². The lowest BCUT2D eigenvalue weighted by atomic mass is 10.1. The fourth-order valence-electron chi connectivity index (χ4n) is 5.72. The zero-order valence-corrected chi connectivity index (χ0v) is 30.0. The van der Waals surface area contributed by atoms with E-state index >= 15 is 0 Å². The molecule has 0 aliphatic carbocycles. The minimum Gasteiger partial charge on any atom is -0.443 e. The molecule has 0 saturated carbocycles. The molecule has 4 aliphatic heterocycles. The minimum atomic E-state index is -0.359. The van der Waals surface area contributed by atoms with Gasteiger partial charge in [0.15, 0.2) is 0 Å². The van der Waals surface area contributed by atoms with Gasteiger partial charge in [-0.05, 0) is 86.0 Å². The summed E-state index contributed by atoms with van der Waals surface area (Å²) in [6, 6.07) is 11.4. The summed E-state index contributed by atoms with van der Waals surface area (Å²) in [6.07, 6.45) is 0.445. The van der Waals surface area contributed by atoms with Crippen LogP contribution < -0.4 is 30.7 Å². The van der Waals surface area contributed by atoms with Crippen LogP contribution in [0.2, 0.25) is 0 Å². The van der Waals surface area contributed by atoms with Crippen molar-refractivity contribution in [3.05, 3.63) is 47.5 Å². The summed E-state index contributed by atoms with van der Waals surface area (Å²) in [5.41, 5.74) is 11.2. The molecule has 14 nitrogen and oxygen atoms in total. The molecule has 2 aromatic carbocycles. The molecule has 0 bridgehead atoms. The molecule has 2 atom stereocenters. The smallest absolute Gasteiger partial charge is 0.414 e. The molecular formula is C33H46N6O8S2. The molecule has 0 spiro atoms. The predicted molar refractivity (Wildman–Crippen MR) is 198 cm³/mol. The maximum Gasteiger partial charge on any atom is 0.414 e. The SMILES string of the molecule is CC(=O)N1CCc2cc(N3C[C@H](CN)OC3=O)ccc21.CC(=O)N1CCc2cc(N3C[C@H](CNC(C)=S)OC3=O)ccc21.CC(C)=S.O.O. The number of thiocarbonyl (C=S) groups is 2. The summed E-state index contributed by atoms with van der Waals surface area (Å²) < 4.78 is 10.5. The molecule has 2 saturated heterocycles. The van der Waals surface area contributed by atoms with Gasteiger partial charge in [0.1, 0.15) is 12.2 Å². The van der Waals surface area contributed by atoms with E-state index in [4.69, 9.17) is 27.4 Å². The third kappa shape index (κ3) is 10.1. The van der Waals surface area contributed by atoms with Crippen LogP contribution in [0.1, 0.15) is 45.7 Å². The lowest BCUT2D eigenvalue weighted by Crippen LogP contribution is -2.32. The van der Waals surface area contributed by atoms with Crippen LogP contribution in [-0.2, 0) is 31.9 Å². The Balaban J connectivity index is 0.000000298. The van der Waals surface area contributed by atoms with E-state index in [-0.39, 0.29) is 47.2 Å². The summed E-state index contributed by atoms with van der Waals surface area (Å²) in [5.74, 6) is 0.0824. The van der Waals surface area contributed by atoms with Gasteiger partial charge in [0.2, 0.25) is 11.8 Å². The first kappa shape index (κ1) is 41.0. The van der Waals surface area contributed by atoms with Crippen LogP contribution in [0, 0.1) is 0 Å². The Hall–Kier alpha value is -4.22. The number of benzene rings is 2. The van der Waals surface area contributed by atoms with Gasteiger partial charge in [0.05, 0.1) is 24.6 Å². The average Bonchev–Trinajstić information content (AvgIpc) is 3.79. The lowest BCUT2D eigenvalue weighted by molar-refractivity contribution is -0.117. The third-order valence-corrected chi connectivity index (χ3v) is 8.03. The molecule has 2 aromatic rings. The van der Waals surface area contributed by atoms with Crippen LogP contribution in [0.3, 0.4) is 0 Å². The molecule has 49 heavy (non-hydrogen) atoms. The van der Waals surface area contributed by atoms with E-state index in [1.807, 2.05) is 50.2 Å². The molecule has 0 radical (unpaired) electrons. The van der Waals surface area contributed by atoms with Gasteiger partial charge in [-0.3, -0.25) is 19.4 Å². The highest BCUT2D eigenvalue weighted by Gasteiger charge is 2.34. The molecule has 4 heterocycles. The number of amides is 4. The van der Waals surface area contributed by atoms with Crippen molar-refractivity contribution < 1.29 is 39.6 Å². The van der Waals surface area contributed by atoms with E-state index in [0.29, 0.717) is 44.3 Å². The van der Waals surface area contributed by atoms with Crippen LogP contribution in [0.25, 0.3) is 0 Å². The largest absolute Gasteiger partial charge is 0.443 e. The predicted octanol–water partition coefficient (Wildman–Crippen LogP) is 2.48. The molecule has 2 fully saturated rings. The minimum absolute atomic E-state index is 0.